The minimum absolute atomic E-state index is 0.294. The lowest BCUT2D eigenvalue weighted by Gasteiger charge is -2.35. The van der Waals surface area contributed by atoms with Crippen molar-refractivity contribution < 1.29 is 9.53 Å². The second-order valence-corrected chi connectivity index (χ2v) is 8.38. The molecule has 1 saturated carbocycles. The van der Waals surface area contributed by atoms with Gasteiger partial charge in [0.15, 0.2) is 0 Å². The van der Waals surface area contributed by atoms with Gasteiger partial charge in [0.25, 0.3) is 0 Å². The predicted octanol–water partition coefficient (Wildman–Crippen LogP) is 3.65. The van der Waals surface area contributed by atoms with Gasteiger partial charge in [-0.2, -0.15) is 0 Å². The largest absolute Gasteiger partial charge is 0.497 e. The maximum Gasteiger partial charge on any atom is 0.225 e. The summed E-state index contributed by atoms with van der Waals surface area (Å²) >= 11 is 1.71. The van der Waals surface area contributed by atoms with E-state index in [1.165, 1.54) is 12.8 Å². The Balaban J connectivity index is 1.30. The van der Waals surface area contributed by atoms with Gasteiger partial charge in [-0.25, -0.2) is 4.98 Å². The third-order valence-electron chi connectivity index (χ3n) is 5.68. The average Bonchev–Trinajstić information content (AvgIpc) is 3.40. The highest BCUT2D eigenvalue weighted by molar-refractivity contribution is 7.09. The fourth-order valence-electron chi connectivity index (χ4n) is 4.03. The third kappa shape index (κ3) is 4.33. The Hall–Kier alpha value is -1.92. The molecular weight excluding hydrogens is 358 g/mol. The summed E-state index contributed by atoms with van der Waals surface area (Å²) in [4.78, 5) is 21.9. The van der Waals surface area contributed by atoms with Crippen molar-refractivity contribution in [3.8, 4) is 17.0 Å². The Morgan fingerprint density at radius 1 is 1.15 bits per heavy atom. The monoisotopic (exact) mass is 385 g/mol. The summed E-state index contributed by atoms with van der Waals surface area (Å²) in [6.45, 7) is 4.45. The molecule has 6 heteroatoms. The van der Waals surface area contributed by atoms with Gasteiger partial charge in [0.2, 0.25) is 5.91 Å². The summed E-state index contributed by atoms with van der Waals surface area (Å²) in [7, 11) is 1.68. The smallest absolute Gasteiger partial charge is 0.225 e. The van der Waals surface area contributed by atoms with Gasteiger partial charge in [-0.05, 0) is 37.1 Å². The molecule has 1 aliphatic heterocycles. The van der Waals surface area contributed by atoms with E-state index < -0.39 is 0 Å². The number of nitrogens with zero attached hydrogens (tertiary/aromatic N) is 3. The predicted molar refractivity (Wildman–Crippen MR) is 108 cm³/mol. The SMILES string of the molecule is COc1ccc(-c2csc(CN3CCN(C(=O)C4CCCC4)CC3)n2)cc1. The topological polar surface area (TPSA) is 45.7 Å². The van der Waals surface area contributed by atoms with E-state index in [9.17, 15) is 4.79 Å². The van der Waals surface area contributed by atoms with Gasteiger partial charge >= 0.3 is 0 Å². The fraction of sp³-hybridized carbons (Fsp3) is 0.524. The molecule has 1 aromatic heterocycles. The molecule has 2 fully saturated rings. The number of benzene rings is 1. The van der Waals surface area contributed by atoms with Crippen LogP contribution in [0, 0.1) is 5.92 Å². The molecule has 27 heavy (non-hydrogen) atoms. The number of ether oxygens (including phenoxy) is 1. The van der Waals surface area contributed by atoms with Crippen molar-refractivity contribution in [2.45, 2.75) is 32.2 Å². The maximum atomic E-state index is 12.6. The fourth-order valence-corrected chi connectivity index (χ4v) is 4.87. The Kier molecular flexibility index (Phi) is 5.74. The van der Waals surface area contributed by atoms with E-state index in [0.717, 1.165) is 67.6 Å². The van der Waals surface area contributed by atoms with Gasteiger partial charge in [-0.3, -0.25) is 9.69 Å². The molecule has 1 aromatic carbocycles. The first-order valence-electron chi connectivity index (χ1n) is 9.83. The minimum Gasteiger partial charge on any atom is -0.497 e. The number of hydrogen-bond donors (Lipinski definition) is 0. The maximum absolute atomic E-state index is 12.6. The van der Waals surface area contributed by atoms with Crippen LogP contribution in [0.2, 0.25) is 0 Å². The van der Waals surface area contributed by atoms with E-state index in [0.29, 0.717) is 11.8 Å². The van der Waals surface area contributed by atoms with Crippen LogP contribution < -0.4 is 4.74 Å². The van der Waals surface area contributed by atoms with Crippen LogP contribution in [-0.4, -0.2) is 54.0 Å². The van der Waals surface area contributed by atoms with Crippen LogP contribution in [0.25, 0.3) is 11.3 Å². The molecule has 0 spiro atoms. The van der Waals surface area contributed by atoms with Crippen LogP contribution in [0.15, 0.2) is 29.6 Å². The van der Waals surface area contributed by atoms with Crippen LogP contribution in [-0.2, 0) is 11.3 Å². The number of carbonyl (C=O) groups is 1. The summed E-state index contributed by atoms with van der Waals surface area (Å²) in [5.74, 6) is 1.55. The van der Waals surface area contributed by atoms with Crippen molar-refractivity contribution in [1.29, 1.82) is 0 Å². The molecule has 1 amide bonds. The normalized spacial score (nSPS) is 18.8. The number of methoxy groups -OCH3 is 1. The Morgan fingerprint density at radius 3 is 2.52 bits per heavy atom. The number of carbonyl (C=O) groups excluding carboxylic acids is 1. The van der Waals surface area contributed by atoms with E-state index in [-0.39, 0.29) is 0 Å². The summed E-state index contributed by atoms with van der Waals surface area (Å²) in [6.07, 6.45) is 4.62. The lowest BCUT2D eigenvalue weighted by Crippen LogP contribution is -2.49. The highest BCUT2D eigenvalue weighted by Gasteiger charge is 2.29. The lowest BCUT2D eigenvalue weighted by atomic mass is 10.1. The highest BCUT2D eigenvalue weighted by atomic mass is 32.1. The molecule has 2 aromatic rings. The van der Waals surface area contributed by atoms with Crippen LogP contribution in [0.3, 0.4) is 0 Å². The number of thiazole rings is 1. The molecule has 144 valence electrons. The van der Waals surface area contributed by atoms with Crippen LogP contribution in [0.1, 0.15) is 30.7 Å². The van der Waals surface area contributed by atoms with Crippen molar-refractivity contribution in [3.05, 3.63) is 34.7 Å². The Labute approximate surface area is 165 Å². The summed E-state index contributed by atoms with van der Waals surface area (Å²) in [5.41, 5.74) is 2.14. The molecule has 0 bridgehead atoms. The molecule has 0 atom stereocenters. The molecular formula is C21H27N3O2S. The lowest BCUT2D eigenvalue weighted by molar-refractivity contribution is -0.137. The van der Waals surface area contributed by atoms with E-state index in [1.54, 1.807) is 18.4 Å². The number of amides is 1. The molecule has 2 aliphatic rings. The molecule has 4 rings (SSSR count). The number of aromatic nitrogens is 1. The van der Waals surface area contributed by atoms with Gasteiger partial charge in [0.05, 0.1) is 19.3 Å². The zero-order chi connectivity index (χ0) is 18.6. The van der Waals surface area contributed by atoms with Crippen molar-refractivity contribution >= 4 is 17.2 Å². The summed E-state index contributed by atoms with van der Waals surface area (Å²) in [5, 5.41) is 3.26. The van der Waals surface area contributed by atoms with E-state index in [2.05, 4.69) is 15.2 Å². The molecule has 1 aliphatic carbocycles. The zero-order valence-corrected chi connectivity index (χ0v) is 16.7. The summed E-state index contributed by atoms with van der Waals surface area (Å²) in [6, 6.07) is 8.03. The zero-order valence-electron chi connectivity index (χ0n) is 15.9. The van der Waals surface area contributed by atoms with E-state index >= 15 is 0 Å². The highest BCUT2D eigenvalue weighted by Crippen LogP contribution is 2.28. The first kappa shape index (κ1) is 18.4. The molecule has 1 saturated heterocycles. The molecule has 0 unspecified atom stereocenters. The number of hydrogen-bond acceptors (Lipinski definition) is 5. The van der Waals surface area contributed by atoms with Crippen molar-refractivity contribution in [2.75, 3.05) is 33.3 Å². The first-order valence-corrected chi connectivity index (χ1v) is 10.7. The van der Waals surface area contributed by atoms with E-state index in [4.69, 9.17) is 9.72 Å². The van der Waals surface area contributed by atoms with Gasteiger partial charge in [0.1, 0.15) is 10.8 Å². The van der Waals surface area contributed by atoms with Crippen molar-refractivity contribution in [1.82, 2.24) is 14.8 Å². The Morgan fingerprint density at radius 2 is 1.85 bits per heavy atom. The number of piperazine rings is 1. The number of rotatable bonds is 5. The Bertz CT molecular complexity index is 760. The van der Waals surface area contributed by atoms with Gasteiger partial charge in [-0.1, -0.05) is 12.8 Å². The van der Waals surface area contributed by atoms with Crippen molar-refractivity contribution in [3.63, 3.8) is 0 Å². The minimum atomic E-state index is 0.294. The van der Waals surface area contributed by atoms with E-state index in [1.807, 2.05) is 24.3 Å². The van der Waals surface area contributed by atoms with Gasteiger partial charge < -0.3 is 9.64 Å². The average molecular weight is 386 g/mol. The van der Waals surface area contributed by atoms with Crippen LogP contribution in [0.4, 0.5) is 0 Å². The van der Waals surface area contributed by atoms with Gasteiger partial charge in [0, 0.05) is 43.0 Å². The standard InChI is InChI=1S/C21H27N3O2S/c1-26-18-8-6-16(7-9-18)19-15-27-20(22-19)14-23-10-12-24(13-11-23)21(25)17-4-2-3-5-17/h6-9,15,17H,2-5,10-14H2,1H3. The first-order chi connectivity index (χ1) is 13.2. The van der Waals surface area contributed by atoms with Crippen LogP contribution >= 0.6 is 11.3 Å². The molecule has 0 radical (unpaired) electrons. The van der Waals surface area contributed by atoms with Crippen molar-refractivity contribution in [2.24, 2.45) is 5.92 Å². The van der Waals surface area contributed by atoms with Crippen LogP contribution in [0.5, 0.6) is 5.75 Å². The van der Waals surface area contributed by atoms with Gasteiger partial charge in [-0.15, -0.1) is 11.3 Å². The molecule has 0 N–H and O–H groups in total. The second kappa shape index (κ2) is 8.40. The molecule has 2 heterocycles. The second-order valence-electron chi connectivity index (χ2n) is 7.44. The molecule has 5 nitrogen and oxygen atoms in total. The summed E-state index contributed by atoms with van der Waals surface area (Å²) < 4.78 is 5.22. The third-order valence-corrected chi connectivity index (χ3v) is 6.52. The quantitative estimate of drug-likeness (QED) is 0.788.